The van der Waals surface area contributed by atoms with Gasteiger partial charge in [0.15, 0.2) is 5.69 Å². The third kappa shape index (κ3) is 4.30. The zero-order valence-electron chi connectivity index (χ0n) is 11.6. The molecule has 2 aromatic rings. The van der Waals surface area contributed by atoms with E-state index in [0.29, 0.717) is 19.8 Å². The Kier molecular flexibility index (Phi) is 5.30. The summed E-state index contributed by atoms with van der Waals surface area (Å²) in [5.41, 5.74) is 12.0. The number of nitrogens with two attached hydrogens (primary N) is 2. The number of hydrogen-bond acceptors (Lipinski definition) is 5. The Balaban J connectivity index is 1.65. The first-order valence-electron chi connectivity index (χ1n) is 6.48. The summed E-state index contributed by atoms with van der Waals surface area (Å²) >= 11 is 0. The van der Waals surface area contributed by atoms with Crippen molar-refractivity contribution in [3.05, 3.63) is 47.9 Å². The maximum Gasteiger partial charge on any atom is 0.271 e. The number of aromatic nitrogens is 2. The molecule has 0 saturated carbocycles. The van der Waals surface area contributed by atoms with Gasteiger partial charge in [0, 0.05) is 0 Å². The second kappa shape index (κ2) is 7.41. The molecule has 21 heavy (non-hydrogen) atoms. The zero-order chi connectivity index (χ0) is 15.1. The highest BCUT2D eigenvalue weighted by atomic mass is 16.5. The maximum atomic E-state index is 11.0. The molecule has 1 heterocycles. The number of rotatable bonds is 8. The minimum Gasteiger partial charge on any atom is -0.383 e. The highest BCUT2D eigenvalue weighted by Crippen LogP contribution is 2.09. The summed E-state index contributed by atoms with van der Waals surface area (Å²) in [7, 11) is 0. The second-order valence-corrected chi connectivity index (χ2v) is 4.39. The van der Waals surface area contributed by atoms with E-state index in [4.69, 9.17) is 20.9 Å². The summed E-state index contributed by atoms with van der Waals surface area (Å²) in [6.45, 7) is 1.62. The minimum atomic E-state index is -0.655. The topological polar surface area (TPSA) is 105 Å². The van der Waals surface area contributed by atoms with Crippen LogP contribution in [0.2, 0.25) is 0 Å². The van der Waals surface area contributed by atoms with E-state index in [9.17, 15) is 4.79 Å². The lowest BCUT2D eigenvalue weighted by atomic mass is 10.2. The van der Waals surface area contributed by atoms with E-state index in [1.807, 2.05) is 30.3 Å². The molecule has 1 aromatic heterocycles. The number of benzene rings is 1. The van der Waals surface area contributed by atoms with Crippen LogP contribution in [0.3, 0.4) is 0 Å². The quantitative estimate of drug-likeness (QED) is 0.698. The van der Waals surface area contributed by atoms with Crippen molar-refractivity contribution in [2.24, 2.45) is 5.73 Å². The maximum absolute atomic E-state index is 11.0. The lowest BCUT2D eigenvalue weighted by Crippen LogP contribution is -2.15. The monoisotopic (exact) mass is 290 g/mol. The van der Waals surface area contributed by atoms with Crippen molar-refractivity contribution in [1.82, 2.24) is 9.55 Å². The SMILES string of the molecule is NC(=O)c1ncn(COCCOCc2ccccc2)c1N. The van der Waals surface area contributed by atoms with Gasteiger partial charge in [0.05, 0.1) is 26.1 Å². The predicted molar refractivity (Wildman–Crippen MR) is 77.2 cm³/mol. The van der Waals surface area contributed by atoms with Crippen LogP contribution >= 0.6 is 0 Å². The number of amides is 1. The molecular formula is C14H18N4O3. The lowest BCUT2D eigenvalue weighted by molar-refractivity contribution is 0.0142. The Morgan fingerprint density at radius 2 is 1.90 bits per heavy atom. The number of nitrogens with zero attached hydrogens (tertiary/aromatic N) is 2. The fourth-order valence-corrected chi connectivity index (χ4v) is 1.73. The molecule has 0 saturated heterocycles. The third-order valence-electron chi connectivity index (χ3n) is 2.83. The van der Waals surface area contributed by atoms with Gasteiger partial charge in [0.2, 0.25) is 0 Å². The molecule has 1 aromatic carbocycles. The van der Waals surface area contributed by atoms with Crippen molar-refractivity contribution >= 4 is 11.7 Å². The van der Waals surface area contributed by atoms with E-state index < -0.39 is 5.91 Å². The fraction of sp³-hybridized carbons (Fsp3) is 0.286. The van der Waals surface area contributed by atoms with Crippen LogP contribution in [0.1, 0.15) is 16.1 Å². The van der Waals surface area contributed by atoms with Gasteiger partial charge in [-0.15, -0.1) is 0 Å². The van der Waals surface area contributed by atoms with Crippen LogP contribution in [0.15, 0.2) is 36.7 Å². The van der Waals surface area contributed by atoms with E-state index >= 15 is 0 Å². The number of anilines is 1. The standard InChI is InChI=1S/C14H18N4O3/c15-13-12(14(16)19)17-9-18(13)10-21-7-6-20-8-11-4-2-1-3-5-11/h1-5,9H,6-8,10,15H2,(H2,16,19). The molecule has 7 heteroatoms. The average molecular weight is 290 g/mol. The van der Waals surface area contributed by atoms with Gasteiger partial charge >= 0.3 is 0 Å². The number of hydrogen-bond donors (Lipinski definition) is 2. The van der Waals surface area contributed by atoms with Gasteiger partial charge < -0.3 is 20.9 Å². The molecule has 1 amide bonds. The fourth-order valence-electron chi connectivity index (χ4n) is 1.73. The van der Waals surface area contributed by atoms with Gasteiger partial charge in [-0.2, -0.15) is 0 Å². The first kappa shape index (κ1) is 15.0. The van der Waals surface area contributed by atoms with Gasteiger partial charge in [0.25, 0.3) is 5.91 Å². The first-order valence-corrected chi connectivity index (χ1v) is 6.48. The molecule has 0 atom stereocenters. The second-order valence-electron chi connectivity index (χ2n) is 4.39. The largest absolute Gasteiger partial charge is 0.383 e. The molecule has 0 fully saturated rings. The van der Waals surface area contributed by atoms with E-state index in [-0.39, 0.29) is 18.2 Å². The number of carbonyl (C=O) groups is 1. The van der Waals surface area contributed by atoms with E-state index in [1.165, 1.54) is 10.9 Å². The molecular weight excluding hydrogens is 272 g/mol. The number of nitrogen functional groups attached to an aromatic ring is 1. The van der Waals surface area contributed by atoms with E-state index in [0.717, 1.165) is 5.56 Å². The van der Waals surface area contributed by atoms with Gasteiger partial charge in [-0.05, 0) is 5.56 Å². The Bertz CT molecular complexity index is 583. The summed E-state index contributed by atoms with van der Waals surface area (Å²) < 4.78 is 12.4. The number of primary amides is 1. The zero-order valence-corrected chi connectivity index (χ0v) is 11.6. The number of imidazole rings is 1. The van der Waals surface area contributed by atoms with E-state index in [2.05, 4.69) is 4.98 Å². The average Bonchev–Trinajstić information content (AvgIpc) is 2.85. The summed E-state index contributed by atoms with van der Waals surface area (Å²) in [4.78, 5) is 14.8. The summed E-state index contributed by atoms with van der Waals surface area (Å²) in [5.74, 6) is -0.454. The highest BCUT2D eigenvalue weighted by molar-refractivity contribution is 5.95. The van der Waals surface area contributed by atoms with Gasteiger partial charge in [-0.1, -0.05) is 30.3 Å². The van der Waals surface area contributed by atoms with Crippen LogP contribution in [0.4, 0.5) is 5.82 Å². The Morgan fingerprint density at radius 3 is 2.57 bits per heavy atom. The molecule has 7 nitrogen and oxygen atoms in total. The molecule has 0 bridgehead atoms. The van der Waals surface area contributed by atoms with Crippen molar-refractivity contribution < 1.29 is 14.3 Å². The van der Waals surface area contributed by atoms with Crippen molar-refractivity contribution in [3.8, 4) is 0 Å². The van der Waals surface area contributed by atoms with Crippen molar-refractivity contribution in [2.45, 2.75) is 13.3 Å². The minimum absolute atomic E-state index is 0.0546. The van der Waals surface area contributed by atoms with Gasteiger partial charge in [0.1, 0.15) is 12.5 Å². The van der Waals surface area contributed by atoms with E-state index in [1.54, 1.807) is 0 Å². The van der Waals surface area contributed by atoms with Crippen molar-refractivity contribution in [3.63, 3.8) is 0 Å². The number of carbonyl (C=O) groups excluding carboxylic acids is 1. The molecule has 0 aliphatic heterocycles. The Morgan fingerprint density at radius 1 is 1.19 bits per heavy atom. The van der Waals surface area contributed by atoms with Crippen molar-refractivity contribution in [2.75, 3.05) is 18.9 Å². The van der Waals surface area contributed by atoms with Crippen LogP contribution < -0.4 is 11.5 Å². The molecule has 0 aliphatic carbocycles. The van der Waals surface area contributed by atoms with Crippen LogP contribution in [0.25, 0.3) is 0 Å². The first-order chi connectivity index (χ1) is 10.2. The van der Waals surface area contributed by atoms with Gasteiger partial charge in [-0.25, -0.2) is 4.98 Å². The molecule has 2 rings (SSSR count). The highest BCUT2D eigenvalue weighted by Gasteiger charge is 2.11. The van der Waals surface area contributed by atoms with Crippen LogP contribution in [0, 0.1) is 0 Å². The predicted octanol–water partition coefficient (Wildman–Crippen LogP) is 0.755. The Hall–Kier alpha value is -2.38. The molecule has 0 radical (unpaired) electrons. The molecule has 112 valence electrons. The lowest BCUT2D eigenvalue weighted by Gasteiger charge is -2.07. The van der Waals surface area contributed by atoms with Crippen LogP contribution in [-0.2, 0) is 22.8 Å². The van der Waals surface area contributed by atoms with Crippen LogP contribution in [-0.4, -0.2) is 28.7 Å². The number of ether oxygens (including phenoxy) is 2. The molecule has 4 N–H and O–H groups in total. The summed E-state index contributed by atoms with van der Waals surface area (Å²) in [5, 5.41) is 0. The van der Waals surface area contributed by atoms with Crippen LogP contribution in [0.5, 0.6) is 0 Å². The Labute approximate surface area is 122 Å². The normalized spacial score (nSPS) is 10.7. The third-order valence-corrected chi connectivity index (χ3v) is 2.83. The summed E-state index contributed by atoms with van der Waals surface area (Å²) in [6, 6.07) is 9.89. The van der Waals surface area contributed by atoms with Crippen molar-refractivity contribution in [1.29, 1.82) is 0 Å². The van der Waals surface area contributed by atoms with Gasteiger partial charge in [-0.3, -0.25) is 9.36 Å². The summed E-state index contributed by atoms with van der Waals surface area (Å²) in [6.07, 6.45) is 1.42. The molecule has 0 unspecified atom stereocenters. The smallest absolute Gasteiger partial charge is 0.271 e. The molecule has 0 spiro atoms. The molecule has 0 aliphatic rings.